The summed E-state index contributed by atoms with van der Waals surface area (Å²) in [7, 11) is 0. The number of likely N-dealkylation sites (tertiary alicyclic amines) is 1. The summed E-state index contributed by atoms with van der Waals surface area (Å²) in [6, 6.07) is 30.3. The van der Waals surface area contributed by atoms with Gasteiger partial charge in [-0.3, -0.25) is 0 Å². The maximum Gasteiger partial charge on any atom is 0.0846 e. The molecule has 32 heavy (non-hydrogen) atoms. The number of hydrogen-bond donors (Lipinski definition) is 0. The van der Waals surface area contributed by atoms with Gasteiger partial charge in [0.2, 0.25) is 0 Å². The number of nitriles is 1. The van der Waals surface area contributed by atoms with Crippen molar-refractivity contribution in [2.24, 2.45) is 0 Å². The first-order chi connectivity index (χ1) is 15.8. The summed E-state index contributed by atoms with van der Waals surface area (Å²) in [5.41, 5.74) is 5.94. The van der Waals surface area contributed by atoms with Crippen molar-refractivity contribution in [3.8, 4) is 6.07 Å². The lowest BCUT2D eigenvalue weighted by atomic mass is 9.74. The van der Waals surface area contributed by atoms with Crippen molar-refractivity contribution >= 4 is 23.5 Å². The van der Waals surface area contributed by atoms with E-state index in [9.17, 15) is 5.26 Å². The van der Waals surface area contributed by atoms with Crippen LogP contribution in [-0.4, -0.2) is 31.1 Å². The lowest BCUT2D eigenvalue weighted by Crippen LogP contribution is -2.42. The van der Waals surface area contributed by atoms with Crippen molar-refractivity contribution in [1.29, 1.82) is 5.26 Å². The molecular weight excluding hydrogens is 390 g/mol. The van der Waals surface area contributed by atoms with Crippen LogP contribution in [0.15, 0.2) is 78.9 Å². The lowest BCUT2D eigenvalue weighted by Gasteiger charge is -2.38. The van der Waals surface area contributed by atoms with Crippen LogP contribution in [0.1, 0.15) is 36.0 Å². The molecule has 0 aliphatic carbocycles. The fourth-order valence-corrected chi connectivity index (χ4v) is 5.13. The van der Waals surface area contributed by atoms with Crippen LogP contribution < -0.4 is 4.90 Å². The van der Waals surface area contributed by atoms with Crippen molar-refractivity contribution in [1.82, 2.24) is 4.90 Å². The van der Waals surface area contributed by atoms with Crippen LogP contribution in [0.3, 0.4) is 0 Å². The maximum absolute atomic E-state index is 9.96. The Morgan fingerprint density at radius 1 is 0.719 bits per heavy atom. The molecule has 0 saturated carbocycles. The summed E-state index contributed by atoms with van der Waals surface area (Å²) in [6.45, 7) is 4.01. The van der Waals surface area contributed by atoms with Gasteiger partial charge in [-0.1, -0.05) is 78.9 Å². The second-order valence-electron chi connectivity index (χ2n) is 8.86. The smallest absolute Gasteiger partial charge is 0.0846 e. The van der Waals surface area contributed by atoms with Crippen LogP contribution in [0.5, 0.6) is 0 Å². The molecule has 0 bridgehead atoms. The van der Waals surface area contributed by atoms with Crippen molar-refractivity contribution in [3.63, 3.8) is 0 Å². The predicted octanol–water partition coefficient (Wildman–Crippen LogP) is 6.26. The number of fused-ring (bicyclic) bond motifs is 2. The summed E-state index contributed by atoms with van der Waals surface area (Å²) in [5, 5.41) is 9.96. The Morgan fingerprint density at radius 2 is 1.28 bits per heavy atom. The topological polar surface area (TPSA) is 30.3 Å². The summed E-state index contributed by atoms with van der Waals surface area (Å²) in [4.78, 5) is 5.00. The number of para-hydroxylation sites is 2. The molecule has 0 spiro atoms. The highest BCUT2D eigenvalue weighted by molar-refractivity contribution is 5.88. The molecule has 3 nitrogen and oxygen atoms in total. The van der Waals surface area contributed by atoms with Gasteiger partial charge in [0.25, 0.3) is 0 Å². The van der Waals surface area contributed by atoms with Crippen molar-refractivity contribution in [2.75, 3.05) is 31.1 Å². The van der Waals surface area contributed by atoms with E-state index in [0.717, 1.165) is 45.4 Å². The van der Waals surface area contributed by atoms with Gasteiger partial charge in [-0.15, -0.1) is 0 Å². The minimum absolute atomic E-state index is 0.327. The van der Waals surface area contributed by atoms with Crippen LogP contribution >= 0.6 is 0 Å². The molecule has 0 unspecified atom stereocenters. The third kappa shape index (κ3) is 3.95. The lowest BCUT2D eigenvalue weighted by molar-refractivity contribution is 0.185. The molecule has 1 fully saturated rings. The highest BCUT2D eigenvalue weighted by Crippen LogP contribution is 2.37. The van der Waals surface area contributed by atoms with Crippen LogP contribution in [0, 0.1) is 11.3 Å². The summed E-state index contributed by atoms with van der Waals surface area (Å²) >= 11 is 0. The van der Waals surface area contributed by atoms with Gasteiger partial charge in [0, 0.05) is 17.9 Å². The Labute approximate surface area is 191 Å². The van der Waals surface area contributed by atoms with E-state index < -0.39 is 0 Å². The molecular formula is C29H29N3. The zero-order valence-corrected chi connectivity index (χ0v) is 18.5. The summed E-state index contributed by atoms with van der Waals surface area (Å²) in [6.07, 6.45) is 7.36. The second kappa shape index (κ2) is 9.02. The van der Waals surface area contributed by atoms with E-state index in [1.165, 1.54) is 28.1 Å². The Balaban J connectivity index is 1.25. The van der Waals surface area contributed by atoms with E-state index in [1.54, 1.807) is 0 Å². The van der Waals surface area contributed by atoms with Crippen LogP contribution in [0.25, 0.3) is 12.2 Å². The van der Waals surface area contributed by atoms with E-state index in [0.29, 0.717) is 0 Å². The van der Waals surface area contributed by atoms with Gasteiger partial charge in [-0.05, 0) is 67.7 Å². The van der Waals surface area contributed by atoms with Gasteiger partial charge in [-0.25, -0.2) is 0 Å². The third-order valence-corrected chi connectivity index (χ3v) is 7.00. The molecule has 5 rings (SSSR count). The fraction of sp³-hybridized carbons (Fsp3) is 0.276. The Bertz CT molecular complexity index is 1080. The van der Waals surface area contributed by atoms with E-state index in [-0.39, 0.29) is 5.41 Å². The van der Waals surface area contributed by atoms with E-state index in [2.05, 4.69) is 88.7 Å². The molecule has 0 amide bonds. The predicted molar refractivity (Wildman–Crippen MR) is 133 cm³/mol. The van der Waals surface area contributed by atoms with Gasteiger partial charge in [-0.2, -0.15) is 5.26 Å². The Kier molecular flexibility index (Phi) is 5.79. The highest BCUT2D eigenvalue weighted by Gasteiger charge is 2.36. The van der Waals surface area contributed by atoms with Crippen molar-refractivity contribution in [3.05, 3.63) is 95.6 Å². The molecule has 0 N–H and O–H groups in total. The van der Waals surface area contributed by atoms with Gasteiger partial charge >= 0.3 is 0 Å². The average Bonchev–Trinajstić information content (AvgIpc) is 3.02. The molecule has 0 atom stereocenters. The minimum Gasteiger partial charge on any atom is -0.340 e. The number of hydrogen-bond acceptors (Lipinski definition) is 3. The molecule has 0 radical (unpaired) electrons. The highest BCUT2D eigenvalue weighted by atomic mass is 15.2. The number of anilines is 2. The van der Waals surface area contributed by atoms with E-state index in [4.69, 9.17) is 0 Å². The average molecular weight is 420 g/mol. The quantitative estimate of drug-likeness (QED) is 0.489. The molecule has 2 aliphatic heterocycles. The molecule has 3 heteroatoms. The molecule has 2 heterocycles. The third-order valence-electron chi connectivity index (χ3n) is 7.00. The standard InChI is InChI=1S/C29H29N3/c30-23-29(26-11-2-1-3-12-26)17-21-31(22-18-29)19-8-20-32-27-13-6-4-9-24(27)15-16-25-10-5-7-14-28(25)32/h1-7,9-16H,8,17-22H2. The molecule has 3 aromatic rings. The van der Waals surface area contributed by atoms with E-state index >= 15 is 0 Å². The van der Waals surface area contributed by atoms with Crippen LogP contribution in [0.4, 0.5) is 11.4 Å². The Hall–Kier alpha value is -3.35. The largest absolute Gasteiger partial charge is 0.340 e. The number of nitrogens with zero attached hydrogens (tertiary/aromatic N) is 3. The number of rotatable bonds is 5. The zero-order chi connectivity index (χ0) is 21.8. The maximum atomic E-state index is 9.96. The van der Waals surface area contributed by atoms with E-state index in [1.807, 2.05) is 18.2 Å². The van der Waals surface area contributed by atoms with Crippen LogP contribution in [-0.2, 0) is 5.41 Å². The van der Waals surface area contributed by atoms with Crippen molar-refractivity contribution in [2.45, 2.75) is 24.7 Å². The number of piperidine rings is 1. The summed E-state index contributed by atoms with van der Waals surface area (Å²) < 4.78 is 0. The Morgan fingerprint density at radius 3 is 1.88 bits per heavy atom. The molecule has 160 valence electrons. The first-order valence-corrected chi connectivity index (χ1v) is 11.6. The SMILES string of the molecule is N#CC1(c2ccccc2)CCN(CCCN2c3ccccc3C=Cc3ccccc32)CC1. The van der Waals surface area contributed by atoms with Gasteiger partial charge in [0.05, 0.1) is 11.5 Å². The normalized spacial score (nSPS) is 17.2. The van der Waals surface area contributed by atoms with Crippen LogP contribution in [0.2, 0.25) is 0 Å². The van der Waals surface area contributed by atoms with Gasteiger partial charge < -0.3 is 9.80 Å². The number of benzene rings is 3. The summed E-state index contributed by atoms with van der Waals surface area (Å²) in [5.74, 6) is 0. The molecule has 0 aromatic heterocycles. The zero-order valence-electron chi connectivity index (χ0n) is 18.5. The second-order valence-corrected chi connectivity index (χ2v) is 8.86. The van der Waals surface area contributed by atoms with Gasteiger partial charge in [0.1, 0.15) is 0 Å². The molecule has 1 saturated heterocycles. The monoisotopic (exact) mass is 419 g/mol. The minimum atomic E-state index is -0.327. The molecule has 3 aromatic carbocycles. The van der Waals surface area contributed by atoms with Gasteiger partial charge in [0.15, 0.2) is 0 Å². The fourth-order valence-electron chi connectivity index (χ4n) is 5.13. The molecule has 2 aliphatic rings. The first-order valence-electron chi connectivity index (χ1n) is 11.6. The van der Waals surface area contributed by atoms with Crippen molar-refractivity contribution < 1.29 is 0 Å². The first kappa shape index (κ1) is 20.5.